The maximum Gasteiger partial charge on any atom is 0.407 e. The fourth-order valence-corrected chi connectivity index (χ4v) is 4.82. The number of fused-ring (bicyclic) bond motifs is 1. The number of aromatic nitrogens is 3. The number of sulfone groups is 1. The number of hydrogen-bond acceptors (Lipinski definition) is 7. The number of hydrogen-bond donors (Lipinski definition) is 3. The van der Waals surface area contributed by atoms with Gasteiger partial charge in [-0.3, -0.25) is 9.48 Å². The topological polar surface area (TPSA) is 161 Å². The van der Waals surface area contributed by atoms with Crippen molar-refractivity contribution in [2.75, 3.05) is 24.7 Å². The standard InChI is InChI=1S/C21H21FN6O5S/c1-34(32,33)14-4-2-13(3-5-14)25-18-17-15(6-10-24-19(17)29)28(26-18)21(7-9-23)8-11-27(20(30)31)12-16(21)22/h2-6,10,16H,7-8,11-12H2,1H3,(H,24,29)(H,25,26)(H,30,31)/t16-,21+/m1/s1. The van der Waals surface area contributed by atoms with E-state index in [-0.39, 0.29) is 41.0 Å². The number of aromatic amines is 1. The number of halogens is 1. The minimum Gasteiger partial charge on any atom is -0.465 e. The van der Waals surface area contributed by atoms with Gasteiger partial charge in [0, 0.05) is 24.7 Å². The summed E-state index contributed by atoms with van der Waals surface area (Å²) in [6, 6.07) is 9.33. The van der Waals surface area contributed by atoms with Crippen molar-refractivity contribution in [1.82, 2.24) is 19.7 Å². The molecule has 1 amide bonds. The Kier molecular flexibility index (Phi) is 5.78. The molecule has 0 bridgehead atoms. The summed E-state index contributed by atoms with van der Waals surface area (Å²) in [4.78, 5) is 27.6. The fraction of sp³-hybridized carbons (Fsp3) is 0.333. The molecule has 0 saturated carbocycles. The van der Waals surface area contributed by atoms with Crippen LogP contribution in [0.3, 0.4) is 0 Å². The lowest BCUT2D eigenvalue weighted by atomic mass is 9.83. The number of alkyl halides is 1. The van der Waals surface area contributed by atoms with Crippen LogP contribution in [0.4, 0.5) is 20.7 Å². The average molecular weight is 489 g/mol. The Labute approximate surface area is 193 Å². The van der Waals surface area contributed by atoms with Crippen LogP contribution in [0.25, 0.3) is 10.9 Å². The molecule has 0 spiro atoms. The Bertz CT molecular complexity index is 1460. The van der Waals surface area contributed by atoms with Crippen LogP contribution in [0.2, 0.25) is 0 Å². The number of nitrogens with zero attached hydrogens (tertiary/aromatic N) is 4. The molecule has 3 heterocycles. The van der Waals surface area contributed by atoms with Crippen LogP contribution in [0.1, 0.15) is 12.8 Å². The van der Waals surface area contributed by atoms with Crippen molar-refractivity contribution in [2.24, 2.45) is 0 Å². The van der Waals surface area contributed by atoms with Gasteiger partial charge in [0.1, 0.15) is 17.1 Å². The number of rotatable bonds is 5. The highest BCUT2D eigenvalue weighted by Gasteiger charge is 2.48. The van der Waals surface area contributed by atoms with Crippen LogP contribution in [-0.4, -0.2) is 64.8 Å². The molecule has 11 nitrogen and oxygen atoms in total. The summed E-state index contributed by atoms with van der Waals surface area (Å²) in [6.07, 6.45) is -0.834. The molecule has 1 aromatic carbocycles. The van der Waals surface area contributed by atoms with Crippen LogP contribution in [0.15, 0.2) is 46.2 Å². The van der Waals surface area contributed by atoms with Gasteiger partial charge in [-0.25, -0.2) is 17.6 Å². The molecule has 4 rings (SSSR count). The maximum atomic E-state index is 15.5. The Morgan fingerprint density at radius 1 is 1.38 bits per heavy atom. The van der Waals surface area contributed by atoms with Crippen LogP contribution >= 0.6 is 0 Å². The Morgan fingerprint density at radius 2 is 2.09 bits per heavy atom. The largest absolute Gasteiger partial charge is 0.465 e. The number of H-pyrrole nitrogens is 1. The van der Waals surface area contributed by atoms with Crippen LogP contribution in [-0.2, 0) is 15.4 Å². The fourth-order valence-electron chi connectivity index (χ4n) is 4.19. The SMILES string of the molecule is CS(=O)(=O)c1ccc(Nc2nn([C@@]3(CC#N)CCN(C(=O)O)C[C@H]3F)c3cc[nH]c(=O)c23)cc1. The smallest absolute Gasteiger partial charge is 0.407 e. The van der Waals surface area contributed by atoms with Gasteiger partial charge in [0.05, 0.1) is 29.4 Å². The van der Waals surface area contributed by atoms with Crippen molar-refractivity contribution in [3.05, 3.63) is 46.9 Å². The van der Waals surface area contributed by atoms with Gasteiger partial charge >= 0.3 is 6.09 Å². The third-order valence-electron chi connectivity index (χ3n) is 6.00. The van der Waals surface area contributed by atoms with E-state index in [1.165, 1.54) is 41.2 Å². The second kappa shape index (κ2) is 8.45. The van der Waals surface area contributed by atoms with Crippen molar-refractivity contribution in [2.45, 2.75) is 29.4 Å². The van der Waals surface area contributed by atoms with Gasteiger partial charge in [0.25, 0.3) is 5.56 Å². The van der Waals surface area contributed by atoms with E-state index in [0.717, 1.165) is 11.2 Å². The molecule has 178 valence electrons. The molecule has 0 radical (unpaired) electrons. The second-order valence-corrected chi connectivity index (χ2v) is 10.1. The van der Waals surface area contributed by atoms with E-state index >= 15 is 4.39 Å². The summed E-state index contributed by atoms with van der Waals surface area (Å²) in [7, 11) is -3.40. The number of amides is 1. The quantitative estimate of drug-likeness (QED) is 0.492. The second-order valence-electron chi connectivity index (χ2n) is 8.13. The third-order valence-corrected chi connectivity index (χ3v) is 7.13. The van der Waals surface area contributed by atoms with Crippen molar-refractivity contribution < 1.29 is 22.7 Å². The lowest BCUT2D eigenvalue weighted by molar-refractivity contribution is 0.0170. The van der Waals surface area contributed by atoms with Gasteiger partial charge in [-0.05, 0) is 36.8 Å². The normalized spacial score (nSPS) is 20.7. The van der Waals surface area contributed by atoms with Gasteiger partial charge in [-0.15, -0.1) is 0 Å². The molecule has 2 atom stereocenters. The van der Waals surface area contributed by atoms with Gasteiger partial charge < -0.3 is 20.3 Å². The summed E-state index contributed by atoms with van der Waals surface area (Å²) in [5.74, 6) is 0.0918. The summed E-state index contributed by atoms with van der Waals surface area (Å²) in [5.41, 5.74) is -1.26. The van der Waals surface area contributed by atoms with E-state index in [2.05, 4.69) is 15.4 Å². The number of carbonyl (C=O) groups is 1. The first-order valence-electron chi connectivity index (χ1n) is 10.2. The summed E-state index contributed by atoms with van der Waals surface area (Å²) >= 11 is 0. The number of benzene rings is 1. The molecular formula is C21H21FN6O5S. The van der Waals surface area contributed by atoms with Gasteiger partial charge in [-0.2, -0.15) is 10.4 Å². The number of nitrogens with one attached hydrogen (secondary N) is 2. The van der Waals surface area contributed by atoms with E-state index in [1.54, 1.807) is 0 Å². The molecule has 2 aromatic heterocycles. The highest BCUT2D eigenvalue weighted by molar-refractivity contribution is 7.90. The number of nitriles is 1. The van der Waals surface area contributed by atoms with E-state index in [0.29, 0.717) is 5.69 Å². The zero-order valence-electron chi connectivity index (χ0n) is 18.0. The molecule has 1 saturated heterocycles. The minimum absolute atomic E-state index is 0.00229. The third kappa shape index (κ3) is 3.96. The van der Waals surface area contributed by atoms with E-state index in [1.807, 2.05) is 6.07 Å². The zero-order valence-corrected chi connectivity index (χ0v) is 18.8. The van der Waals surface area contributed by atoms with Crippen LogP contribution in [0, 0.1) is 11.3 Å². The molecule has 3 N–H and O–H groups in total. The first kappa shape index (κ1) is 23.2. The van der Waals surface area contributed by atoms with E-state index < -0.39 is 39.7 Å². The summed E-state index contributed by atoms with van der Waals surface area (Å²) < 4.78 is 40.2. The van der Waals surface area contributed by atoms with E-state index in [9.17, 15) is 28.4 Å². The number of likely N-dealkylation sites (tertiary alicyclic amines) is 1. The summed E-state index contributed by atoms with van der Waals surface area (Å²) in [5, 5.41) is 26.3. The number of carboxylic acid groups (broad SMARTS) is 1. The molecular weight excluding hydrogens is 467 g/mol. The molecule has 0 aliphatic carbocycles. The predicted molar refractivity (Wildman–Crippen MR) is 121 cm³/mol. The summed E-state index contributed by atoms with van der Waals surface area (Å²) in [6.45, 7) is -0.436. The minimum atomic E-state index is -3.40. The Hall–Kier alpha value is -3.92. The van der Waals surface area contributed by atoms with Gasteiger partial charge in [0.2, 0.25) is 0 Å². The Balaban J connectivity index is 1.82. The van der Waals surface area contributed by atoms with Gasteiger partial charge in [-0.1, -0.05) is 0 Å². The highest BCUT2D eigenvalue weighted by Crippen LogP contribution is 2.39. The molecule has 1 aliphatic heterocycles. The molecule has 0 unspecified atom stereocenters. The van der Waals surface area contributed by atoms with E-state index in [4.69, 9.17) is 0 Å². The monoisotopic (exact) mass is 488 g/mol. The molecule has 1 fully saturated rings. The van der Waals surface area contributed by atoms with Crippen LogP contribution in [0.5, 0.6) is 0 Å². The van der Waals surface area contributed by atoms with Crippen molar-refractivity contribution >= 4 is 38.3 Å². The highest BCUT2D eigenvalue weighted by atomic mass is 32.2. The molecule has 13 heteroatoms. The van der Waals surface area contributed by atoms with Crippen molar-refractivity contribution in [3.63, 3.8) is 0 Å². The molecule has 1 aliphatic rings. The predicted octanol–water partition coefficient (Wildman–Crippen LogP) is 2.20. The maximum absolute atomic E-state index is 15.5. The van der Waals surface area contributed by atoms with Crippen LogP contribution < -0.4 is 10.9 Å². The lowest BCUT2D eigenvalue weighted by Gasteiger charge is -2.42. The first-order chi connectivity index (χ1) is 16.1. The number of piperidine rings is 1. The number of pyridine rings is 1. The molecule has 34 heavy (non-hydrogen) atoms. The lowest BCUT2D eigenvalue weighted by Crippen LogP contribution is -2.56. The number of anilines is 2. The van der Waals surface area contributed by atoms with Crippen molar-refractivity contribution in [3.8, 4) is 6.07 Å². The first-order valence-corrected chi connectivity index (χ1v) is 12.1. The van der Waals surface area contributed by atoms with Crippen molar-refractivity contribution in [1.29, 1.82) is 5.26 Å². The Morgan fingerprint density at radius 3 is 2.68 bits per heavy atom. The zero-order chi connectivity index (χ0) is 24.7. The average Bonchev–Trinajstić information content (AvgIpc) is 3.15. The van der Waals surface area contributed by atoms with Gasteiger partial charge in [0.15, 0.2) is 15.7 Å². The molecule has 3 aromatic rings.